The first-order valence-electron chi connectivity index (χ1n) is 7.17. The second-order valence-corrected chi connectivity index (χ2v) is 5.67. The Balaban J connectivity index is 1.91. The Bertz CT molecular complexity index is 389. The molecule has 1 aliphatic rings. The van der Waals surface area contributed by atoms with E-state index in [0.717, 1.165) is 24.3 Å². The van der Waals surface area contributed by atoms with Crippen molar-refractivity contribution in [3.63, 3.8) is 0 Å². The van der Waals surface area contributed by atoms with Gasteiger partial charge in [-0.2, -0.15) is 0 Å². The highest BCUT2D eigenvalue weighted by Crippen LogP contribution is 2.22. The molecule has 0 aliphatic heterocycles. The van der Waals surface area contributed by atoms with Crippen molar-refractivity contribution in [2.45, 2.75) is 52.1 Å². The molecule has 1 aromatic rings. The molecule has 0 bridgehead atoms. The summed E-state index contributed by atoms with van der Waals surface area (Å²) >= 11 is 0. The lowest BCUT2D eigenvalue weighted by molar-refractivity contribution is -0.712. The summed E-state index contributed by atoms with van der Waals surface area (Å²) in [5.41, 5.74) is 2.64. The third-order valence-corrected chi connectivity index (χ3v) is 4.29. The maximum Gasteiger partial charge on any atom is 0.121 e. The van der Waals surface area contributed by atoms with Gasteiger partial charge in [-0.25, -0.2) is 0 Å². The van der Waals surface area contributed by atoms with E-state index in [-0.39, 0.29) is 0 Å². The van der Waals surface area contributed by atoms with E-state index in [9.17, 15) is 0 Å². The van der Waals surface area contributed by atoms with Gasteiger partial charge in [0.05, 0.1) is 13.2 Å². The number of methoxy groups -OCH3 is 1. The SMILES string of the molecule is COc1ccc(C[NH2+][C@H]2CCCC[C@H]2C)cc1C. The quantitative estimate of drug-likeness (QED) is 0.871. The average Bonchev–Trinajstić information content (AvgIpc) is 2.38. The molecule has 0 saturated heterocycles. The van der Waals surface area contributed by atoms with E-state index in [2.05, 4.69) is 37.4 Å². The van der Waals surface area contributed by atoms with Crippen LogP contribution in [0, 0.1) is 12.8 Å². The molecule has 1 saturated carbocycles. The van der Waals surface area contributed by atoms with Crippen LogP contribution in [0.3, 0.4) is 0 Å². The predicted octanol–water partition coefficient (Wildman–Crippen LogP) is 2.65. The fourth-order valence-corrected chi connectivity index (χ4v) is 3.05. The number of quaternary nitrogens is 1. The Hall–Kier alpha value is -1.02. The normalized spacial score (nSPS) is 23.9. The van der Waals surface area contributed by atoms with Crippen LogP contribution in [0.5, 0.6) is 5.75 Å². The lowest BCUT2D eigenvalue weighted by Crippen LogP contribution is -2.90. The number of aryl methyl sites for hydroxylation is 1. The molecule has 0 unspecified atom stereocenters. The first-order chi connectivity index (χ1) is 8.70. The zero-order valence-corrected chi connectivity index (χ0v) is 11.9. The monoisotopic (exact) mass is 248 g/mol. The molecule has 100 valence electrons. The molecule has 1 aromatic carbocycles. The Morgan fingerprint density at radius 1 is 1.28 bits per heavy atom. The van der Waals surface area contributed by atoms with Crippen LogP contribution >= 0.6 is 0 Å². The molecule has 0 spiro atoms. The first-order valence-corrected chi connectivity index (χ1v) is 7.17. The van der Waals surface area contributed by atoms with Gasteiger partial charge in [-0.3, -0.25) is 0 Å². The smallest absolute Gasteiger partial charge is 0.121 e. The van der Waals surface area contributed by atoms with Crippen molar-refractivity contribution < 1.29 is 10.1 Å². The molecule has 2 heteroatoms. The van der Waals surface area contributed by atoms with Crippen molar-refractivity contribution in [3.8, 4) is 5.75 Å². The highest BCUT2D eigenvalue weighted by Gasteiger charge is 2.23. The number of hydrogen-bond acceptors (Lipinski definition) is 1. The number of nitrogens with two attached hydrogens (primary N) is 1. The largest absolute Gasteiger partial charge is 0.496 e. The summed E-state index contributed by atoms with van der Waals surface area (Å²) in [4.78, 5) is 0. The van der Waals surface area contributed by atoms with Gasteiger partial charge in [-0.05, 0) is 49.9 Å². The van der Waals surface area contributed by atoms with Gasteiger partial charge in [0.25, 0.3) is 0 Å². The van der Waals surface area contributed by atoms with Crippen molar-refractivity contribution in [3.05, 3.63) is 29.3 Å². The lowest BCUT2D eigenvalue weighted by Gasteiger charge is -2.26. The standard InChI is InChI=1S/C16H25NO/c1-12-6-4-5-7-15(12)17-11-14-8-9-16(18-3)13(2)10-14/h8-10,12,15,17H,4-7,11H2,1-3H3/p+1/t12-,15+/m1/s1. The molecule has 1 fully saturated rings. The second kappa shape index (κ2) is 6.24. The van der Waals surface area contributed by atoms with Crippen LogP contribution in [0.1, 0.15) is 43.7 Å². The van der Waals surface area contributed by atoms with E-state index in [1.165, 1.54) is 36.8 Å². The fourth-order valence-electron chi connectivity index (χ4n) is 3.05. The van der Waals surface area contributed by atoms with E-state index in [1.54, 1.807) is 7.11 Å². The number of benzene rings is 1. The van der Waals surface area contributed by atoms with Crippen LogP contribution in [-0.2, 0) is 6.54 Å². The summed E-state index contributed by atoms with van der Waals surface area (Å²) in [5.74, 6) is 1.86. The topological polar surface area (TPSA) is 25.8 Å². The number of hydrogen-bond donors (Lipinski definition) is 1. The highest BCUT2D eigenvalue weighted by atomic mass is 16.5. The summed E-state index contributed by atoms with van der Waals surface area (Å²) in [5, 5.41) is 2.53. The molecule has 2 atom stereocenters. The van der Waals surface area contributed by atoms with Crippen LogP contribution < -0.4 is 10.1 Å². The molecule has 2 N–H and O–H groups in total. The van der Waals surface area contributed by atoms with Crippen molar-refractivity contribution in [2.24, 2.45) is 5.92 Å². The van der Waals surface area contributed by atoms with Crippen molar-refractivity contribution in [2.75, 3.05) is 7.11 Å². The van der Waals surface area contributed by atoms with Crippen LogP contribution in [0.15, 0.2) is 18.2 Å². The summed E-state index contributed by atoms with van der Waals surface area (Å²) in [6.07, 6.45) is 5.62. The molecule has 0 radical (unpaired) electrons. The van der Waals surface area contributed by atoms with Crippen molar-refractivity contribution in [1.29, 1.82) is 0 Å². The molecule has 0 heterocycles. The third-order valence-electron chi connectivity index (χ3n) is 4.29. The summed E-state index contributed by atoms with van der Waals surface area (Å²) < 4.78 is 5.30. The minimum absolute atomic E-state index is 0.821. The first kappa shape index (κ1) is 13.4. The molecule has 2 rings (SSSR count). The maximum absolute atomic E-state index is 5.30. The molecule has 18 heavy (non-hydrogen) atoms. The van der Waals surface area contributed by atoms with E-state index in [4.69, 9.17) is 4.74 Å². The van der Waals surface area contributed by atoms with Gasteiger partial charge in [-0.15, -0.1) is 0 Å². The van der Waals surface area contributed by atoms with Gasteiger partial charge in [0.15, 0.2) is 0 Å². The average molecular weight is 248 g/mol. The molecular formula is C16H26NO+. The van der Waals surface area contributed by atoms with Crippen LogP contribution in [-0.4, -0.2) is 13.2 Å². The Labute approximate surface area is 111 Å². The molecule has 1 aliphatic carbocycles. The summed E-state index contributed by atoms with van der Waals surface area (Å²) in [6.45, 7) is 5.62. The number of rotatable bonds is 4. The van der Waals surface area contributed by atoms with E-state index in [1.807, 2.05) is 0 Å². The van der Waals surface area contributed by atoms with Gasteiger partial charge < -0.3 is 10.1 Å². The van der Waals surface area contributed by atoms with Crippen LogP contribution in [0.4, 0.5) is 0 Å². The van der Waals surface area contributed by atoms with Gasteiger partial charge in [0.1, 0.15) is 12.3 Å². The van der Waals surface area contributed by atoms with Gasteiger partial charge in [-0.1, -0.05) is 13.3 Å². The fraction of sp³-hybridized carbons (Fsp3) is 0.625. The van der Waals surface area contributed by atoms with Crippen LogP contribution in [0.2, 0.25) is 0 Å². The molecule has 0 aromatic heterocycles. The predicted molar refractivity (Wildman–Crippen MR) is 74.8 cm³/mol. The zero-order valence-electron chi connectivity index (χ0n) is 11.9. The van der Waals surface area contributed by atoms with Gasteiger partial charge >= 0.3 is 0 Å². The molecule has 2 nitrogen and oxygen atoms in total. The van der Waals surface area contributed by atoms with Crippen molar-refractivity contribution >= 4 is 0 Å². The maximum atomic E-state index is 5.30. The Morgan fingerprint density at radius 2 is 2.06 bits per heavy atom. The second-order valence-electron chi connectivity index (χ2n) is 5.67. The van der Waals surface area contributed by atoms with Gasteiger partial charge in [0.2, 0.25) is 0 Å². The van der Waals surface area contributed by atoms with E-state index < -0.39 is 0 Å². The molecule has 0 amide bonds. The summed E-state index contributed by atoms with van der Waals surface area (Å²) in [6, 6.07) is 7.35. The minimum atomic E-state index is 0.821. The Morgan fingerprint density at radius 3 is 2.72 bits per heavy atom. The zero-order chi connectivity index (χ0) is 13.0. The Kier molecular flexibility index (Phi) is 4.65. The van der Waals surface area contributed by atoms with E-state index >= 15 is 0 Å². The van der Waals surface area contributed by atoms with Gasteiger partial charge in [0, 0.05) is 11.5 Å². The number of ether oxygens (including phenoxy) is 1. The van der Waals surface area contributed by atoms with Crippen molar-refractivity contribution in [1.82, 2.24) is 0 Å². The highest BCUT2D eigenvalue weighted by molar-refractivity contribution is 5.35. The lowest BCUT2D eigenvalue weighted by atomic mass is 9.86. The van der Waals surface area contributed by atoms with Crippen LogP contribution in [0.25, 0.3) is 0 Å². The summed E-state index contributed by atoms with van der Waals surface area (Å²) in [7, 11) is 1.73. The minimum Gasteiger partial charge on any atom is -0.496 e. The molecular weight excluding hydrogens is 222 g/mol. The van der Waals surface area contributed by atoms with E-state index in [0.29, 0.717) is 0 Å². The third kappa shape index (κ3) is 3.26.